The number of imide groups is 1. The summed E-state index contributed by atoms with van der Waals surface area (Å²) < 4.78 is 10.3. The van der Waals surface area contributed by atoms with Gasteiger partial charge in [0.1, 0.15) is 5.60 Å². The van der Waals surface area contributed by atoms with E-state index in [4.69, 9.17) is 9.47 Å². The van der Waals surface area contributed by atoms with Gasteiger partial charge in [0.2, 0.25) is 5.91 Å². The van der Waals surface area contributed by atoms with E-state index in [-0.39, 0.29) is 11.9 Å². The molecule has 0 radical (unpaired) electrons. The number of benzene rings is 1. The Morgan fingerprint density at radius 1 is 1.18 bits per heavy atom. The molecule has 0 bridgehead atoms. The maximum atomic E-state index is 12.4. The van der Waals surface area contributed by atoms with Gasteiger partial charge in [-0.05, 0) is 58.2 Å². The molecule has 0 aliphatic heterocycles. The number of carbonyl (C=O) groups excluding carboxylic acids is 3. The van der Waals surface area contributed by atoms with Crippen molar-refractivity contribution in [3.05, 3.63) is 42.5 Å². The second-order valence-electron chi connectivity index (χ2n) is 7.47. The van der Waals surface area contributed by atoms with E-state index in [0.29, 0.717) is 25.1 Å². The quantitative estimate of drug-likeness (QED) is 0.463. The average Bonchev–Trinajstić information content (AvgIpc) is 2.58. The van der Waals surface area contributed by atoms with Crippen molar-refractivity contribution in [2.45, 2.75) is 65.4 Å². The van der Waals surface area contributed by atoms with E-state index in [0.717, 1.165) is 16.9 Å². The van der Waals surface area contributed by atoms with Crippen molar-refractivity contribution >= 4 is 23.7 Å². The van der Waals surface area contributed by atoms with E-state index in [2.05, 4.69) is 6.58 Å². The molecule has 6 heteroatoms. The highest BCUT2D eigenvalue weighted by Gasteiger charge is 2.26. The number of ether oxygens (including phenoxy) is 2. The van der Waals surface area contributed by atoms with Gasteiger partial charge in [0.05, 0.1) is 12.3 Å². The van der Waals surface area contributed by atoms with E-state index in [1.165, 1.54) is 6.92 Å². The Morgan fingerprint density at radius 3 is 2.25 bits per heavy atom. The van der Waals surface area contributed by atoms with Crippen LogP contribution in [0.15, 0.2) is 36.9 Å². The number of rotatable bonds is 8. The molecule has 0 saturated heterocycles. The number of carbonyl (C=O) groups is 3. The molecule has 0 heterocycles. The molecule has 1 rings (SSSR count). The zero-order valence-electron chi connectivity index (χ0n) is 17.5. The second-order valence-corrected chi connectivity index (χ2v) is 7.47. The van der Waals surface area contributed by atoms with Crippen molar-refractivity contribution in [3.8, 4) is 0 Å². The highest BCUT2D eigenvalue weighted by atomic mass is 16.6. The summed E-state index contributed by atoms with van der Waals surface area (Å²) in [5, 5.41) is 0. The summed E-state index contributed by atoms with van der Waals surface area (Å²) in [5.41, 5.74) is 0.743. The Balaban J connectivity index is 2.85. The molecule has 0 unspecified atom stereocenters. The maximum Gasteiger partial charge on any atom is 0.421 e. The van der Waals surface area contributed by atoms with Crippen LogP contribution in [0.25, 0.3) is 0 Å². The Labute approximate surface area is 167 Å². The molecule has 6 nitrogen and oxygen atoms in total. The van der Waals surface area contributed by atoms with Crippen LogP contribution in [-0.2, 0) is 19.1 Å². The molecule has 1 atom stereocenters. The zero-order valence-corrected chi connectivity index (χ0v) is 17.5. The molecule has 0 N–H and O–H groups in total. The molecule has 0 aromatic heterocycles. The maximum absolute atomic E-state index is 12.4. The summed E-state index contributed by atoms with van der Waals surface area (Å²) in [6.45, 7) is 12.6. The predicted octanol–water partition coefficient (Wildman–Crippen LogP) is 4.98. The van der Waals surface area contributed by atoms with E-state index in [1.807, 2.05) is 18.2 Å². The largest absolute Gasteiger partial charge is 0.466 e. The van der Waals surface area contributed by atoms with Crippen LogP contribution in [0.1, 0.15) is 65.4 Å². The first-order valence-corrected chi connectivity index (χ1v) is 9.50. The first-order valence-electron chi connectivity index (χ1n) is 9.50. The van der Waals surface area contributed by atoms with Crippen molar-refractivity contribution < 1.29 is 23.9 Å². The van der Waals surface area contributed by atoms with Gasteiger partial charge in [0.25, 0.3) is 0 Å². The molecular weight excluding hydrogens is 358 g/mol. The van der Waals surface area contributed by atoms with Gasteiger partial charge in [-0.2, -0.15) is 0 Å². The Kier molecular flexibility index (Phi) is 8.89. The lowest BCUT2D eigenvalue weighted by Gasteiger charge is -2.25. The summed E-state index contributed by atoms with van der Waals surface area (Å²) in [4.78, 5) is 36.8. The molecule has 0 saturated carbocycles. The number of allylic oxidation sites excluding steroid dienone is 1. The molecule has 0 spiro atoms. The zero-order chi connectivity index (χ0) is 21.3. The van der Waals surface area contributed by atoms with Crippen LogP contribution in [0, 0.1) is 0 Å². The molecular formula is C22H31NO5. The van der Waals surface area contributed by atoms with Gasteiger partial charge in [0, 0.05) is 19.3 Å². The Hall–Kier alpha value is -2.63. The fraction of sp³-hybridized carbons (Fsp3) is 0.500. The van der Waals surface area contributed by atoms with Crippen molar-refractivity contribution in [2.75, 3.05) is 11.5 Å². The first kappa shape index (κ1) is 23.4. The van der Waals surface area contributed by atoms with Crippen LogP contribution in [0.2, 0.25) is 0 Å². The third-order valence-electron chi connectivity index (χ3n) is 3.96. The molecule has 154 valence electrons. The van der Waals surface area contributed by atoms with Gasteiger partial charge in [-0.15, -0.1) is 6.58 Å². The van der Waals surface area contributed by atoms with Crippen LogP contribution < -0.4 is 4.90 Å². The third-order valence-corrected chi connectivity index (χ3v) is 3.96. The standard InChI is InChI=1S/C22H31NO5/c1-7-17(10-9-11-20(25)27-8-2)18-12-14-19(15-13-18)23(16(3)24)21(26)28-22(4,5)6/h7,12-15,17H,1,8-11H2,2-6H3/t17-/m1/s1. The smallest absolute Gasteiger partial charge is 0.421 e. The Bertz CT molecular complexity index is 688. The van der Waals surface area contributed by atoms with Crippen molar-refractivity contribution in [1.29, 1.82) is 0 Å². The van der Waals surface area contributed by atoms with Crippen LogP contribution >= 0.6 is 0 Å². The van der Waals surface area contributed by atoms with E-state index < -0.39 is 17.6 Å². The minimum absolute atomic E-state index is 0.0655. The van der Waals surface area contributed by atoms with E-state index in [9.17, 15) is 14.4 Å². The number of esters is 1. The van der Waals surface area contributed by atoms with Gasteiger partial charge in [-0.1, -0.05) is 18.2 Å². The van der Waals surface area contributed by atoms with Gasteiger partial charge >= 0.3 is 12.1 Å². The van der Waals surface area contributed by atoms with Gasteiger partial charge in [-0.25, -0.2) is 9.69 Å². The molecule has 0 fully saturated rings. The lowest BCUT2D eigenvalue weighted by Crippen LogP contribution is -2.39. The Morgan fingerprint density at radius 2 is 1.79 bits per heavy atom. The van der Waals surface area contributed by atoms with Gasteiger partial charge < -0.3 is 9.47 Å². The highest BCUT2D eigenvalue weighted by Crippen LogP contribution is 2.26. The van der Waals surface area contributed by atoms with Crippen LogP contribution in [0.5, 0.6) is 0 Å². The van der Waals surface area contributed by atoms with Crippen LogP contribution in [0.4, 0.5) is 10.5 Å². The van der Waals surface area contributed by atoms with Crippen molar-refractivity contribution in [1.82, 2.24) is 0 Å². The average molecular weight is 389 g/mol. The minimum Gasteiger partial charge on any atom is -0.466 e. The fourth-order valence-corrected chi connectivity index (χ4v) is 2.71. The lowest BCUT2D eigenvalue weighted by molar-refractivity contribution is -0.143. The summed E-state index contributed by atoms with van der Waals surface area (Å²) in [6.07, 6.45) is 2.94. The molecule has 0 aliphatic rings. The normalized spacial score (nSPS) is 12.0. The third kappa shape index (κ3) is 7.55. The van der Waals surface area contributed by atoms with E-state index in [1.54, 1.807) is 39.8 Å². The number of hydrogen-bond acceptors (Lipinski definition) is 5. The van der Waals surface area contributed by atoms with Gasteiger partial charge in [0.15, 0.2) is 0 Å². The summed E-state index contributed by atoms with van der Waals surface area (Å²) in [7, 11) is 0. The van der Waals surface area contributed by atoms with Gasteiger partial charge in [-0.3, -0.25) is 9.59 Å². The summed E-state index contributed by atoms with van der Waals surface area (Å²) in [6, 6.07) is 7.13. The molecule has 0 aliphatic carbocycles. The van der Waals surface area contributed by atoms with Crippen LogP contribution in [-0.4, -0.2) is 30.2 Å². The summed E-state index contributed by atoms with van der Waals surface area (Å²) >= 11 is 0. The summed E-state index contributed by atoms with van der Waals surface area (Å²) in [5.74, 6) is -0.553. The molecule has 28 heavy (non-hydrogen) atoms. The number of amides is 2. The molecule has 1 aromatic rings. The number of hydrogen-bond donors (Lipinski definition) is 0. The van der Waals surface area contributed by atoms with E-state index >= 15 is 0 Å². The number of anilines is 1. The topological polar surface area (TPSA) is 72.9 Å². The van der Waals surface area contributed by atoms with Crippen LogP contribution in [0.3, 0.4) is 0 Å². The molecule has 2 amide bonds. The molecule has 1 aromatic carbocycles. The van der Waals surface area contributed by atoms with Crippen molar-refractivity contribution in [3.63, 3.8) is 0 Å². The minimum atomic E-state index is -0.706. The fourth-order valence-electron chi connectivity index (χ4n) is 2.71. The van der Waals surface area contributed by atoms with Crippen molar-refractivity contribution in [2.24, 2.45) is 0 Å². The number of nitrogens with zero attached hydrogens (tertiary/aromatic N) is 1. The lowest BCUT2D eigenvalue weighted by atomic mass is 9.93. The SMILES string of the molecule is C=C[C@H](CCCC(=O)OCC)c1ccc(N(C(C)=O)C(=O)OC(C)(C)C)cc1. The predicted molar refractivity (Wildman–Crippen MR) is 109 cm³/mol. The monoisotopic (exact) mass is 389 g/mol. The second kappa shape index (κ2) is 10.6. The highest BCUT2D eigenvalue weighted by molar-refractivity contribution is 6.11. The first-order chi connectivity index (χ1) is 13.1.